The number of rotatable bonds is 4. The van der Waals surface area contributed by atoms with Gasteiger partial charge in [-0.3, -0.25) is 14.8 Å². The summed E-state index contributed by atoms with van der Waals surface area (Å²) in [6.07, 6.45) is 8.12. The van der Waals surface area contributed by atoms with Gasteiger partial charge in [-0.2, -0.15) is 5.10 Å². The van der Waals surface area contributed by atoms with Crippen LogP contribution in [0.5, 0.6) is 5.75 Å². The Kier molecular flexibility index (Phi) is 4.35. The molecular formula is C27H21N5O2. The van der Waals surface area contributed by atoms with E-state index in [0.29, 0.717) is 17.1 Å². The lowest BCUT2D eigenvalue weighted by Gasteiger charge is -2.21. The summed E-state index contributed by atoms with van der Waals surface area (Å²) in [4.78, 5) is 25.9. The first-order valence-corrected chi connectivity index (χ1v) is 11.0. The molecule has 0 spiro atoms. The van der Waals surface area contributed by atoms with Gasteiger partial charge in [0, 0.05) is 51.8 Å². The lowest BCUT2D eigenvalue weighted by molar-refractivity contribution is 0.112. The van der Waals surface area contributed by atoms with Crippen LogP contribution in [0.2, 0.25) is 0 Å². The number of hydrogen-bond acceptors (Lipinski definition) is 6. The SMILES string of the molecule is COc1ccc2cc(C=O)c(-n3cc(C4=Nc5c(ccc6cnccc56)C4(C)C)cn3)nc2c1. The van der Waals surface area contributed by atoms with Gasteiger partial charge in [-0.15, -0.1) is 0 Å². The van der Waals surface area contributed by atoms with Gasteiger partial charge in [-0.1, -0.05) is 26.0 Å². The summed E-state index contributed by atoms with van der Waals surface area (Å²) in [5.41, 5.74) is 4.82. The highest BCUT2D eigenvalue weighted by Gasteiger charge is 2.37. The van der Waals surface area contributed by atoms with Crippen molar-refractivity contribution in [2.24, 2.45) is 4.99 Å². The fourth-order valence-corrected chi connectivity index (χ4v) is 4.69. The quantitative estimate of drug-likeness (QED) is 0.354. The van der Waals surface area contributed by atoms with E-state index in [2.05, 4.69) is 36.1 Å². The lowest BCUT2D eigenvalue weighted by Crippen LogP contribution is -2.26. The van der Waals surface area contributed by atoms with Gasteiger partial charge in [0.2, 0.25) is 0 Å². The second kappa shape index (κ2) is 7.31. The Labute approximate surface area is 195 Å². The first-order valence-electron chi connectivity index (χ1n) is 11.0. The van der Waals surface area contributed by atoms with Crippen LogP contribution in [0, 0.1) is 0 Å². The van der Waals surface area contributed by atoms with E-state index in [-0.39, 0.29) is 5.41 Å². The van der Waals surface area contributed by atoms with Crippen molar-refractivity contribution in [3.8, 4) is 11.6 Å². The Morgan fingerprint density at radius 3 is 2.71 bits per heavy atom. The number of carbonyl (C=O) groups excluding carboxylic acids is 1. The monoisotopic (exact) mass is 447 g/mol. The van der Waals surface area contributed by atoms with E-state index in [1.54, 1.807) is 24.2 Å². The van der Waals surface area contributed by atoms with E-state index in [1.165, 1.54) is 5.56 Å². The molecule has 0 unspecified atom stereocenters. The van der Waals surface area contributed by atoms with Gasteiger partial charge in [-0.25, -0.2) is 9.67 Å². The number of methoxy groups -OCH3 is 1. The third-order valence-corrected chi connectivity index (χ3v) is 6.51. The van der Waals surface area contributed by atoms with Crippen LogP contribution < -0.4 is 4.74 Å². The normalized spacial score (nSPS) is 14.3. The van der Waals surface area contributed by atoms with Crippen molar-refractivity contribution in [1.29, 1.82) is 0 Å². The standard InChI is InChI=1S/C27H21N5O2/c1-27(2)22-7-5-17-12-28-9-8-21(17)24(22)31-25(27)19-13-29-32(14-19)26-18(15-33)10-16-4-6-20(34-3)11-23(16)30-26/h4-15H,1-3H3. The number of nitrogens with zero attached hydrogens (tertiary/aromatic N) is 5. The van der Waals surface area contributed by atoms with Crippen molar-refractivity contribution >= 4 is 39.4 Å². The zero-order valence-electron chi connectivity index (χ0n) is 19.0. The maximum Gasteiger partial charge on any atom is 0.164 e. The molecule has 1 aliphatic heterocycles. The van der Waals surface area contributed by atoms with E-state index >= 15 is 0 Å². The van der Waals surface area contributed by atoms with Gasteiger partial charge in [0.25, 0.3) is 0 Å². The summed E-state index contributed by atoms with van der Waals surface area (Å²) in [6.45, 7) is 4.33. The average molecular weight is 447 g/mol. The second-order valence-corrected chi connectivity index (χ2v) is 8.90. The van der Waals surface area contributed by atoms with E-state index in [1.807, 2.05) is 42.7 Å². The van der Waals surface area contributed by atoms with Crippen LogP contribution in [-0.2, 0) is 5.41 Å². The molecule has 3 aromatic heterocycles. The number of aliphatic imine (C=N–C) groups is 1. The van der Waals surface area contributed by atoms with Crippen molar-refractivity contribution in [3.63, 3.8) is 0 Å². The summed E-state index contributed by atoms with van der Waals surface area (Å²) in [5, 5.41) is 7.55. The van der Waals surface area contributed by atoms with Crippen molar-refractivity contribution in [2.75, 3.05) is 7.11 Å². The van der Waals surface area contributed by atoms with Crippen LogP contribution in [0.3, 0.4) is 0 Å². The minimum absolute atomic E-state index is 0.307. The first-order chi connectivity index (χ1) is 16.5. The zero-order chi connectivity index (χ0) is 23.4. The minimum atomic E-state index is -0.307. The number of aromatic nitrogens is 4. The van der Waals surface area contributed by atoms with Crippen LogP contribution in [0.15, 0.2) is 72.2 Å². The predicted octanol–water partition coefficient (Wildman–Crippen LogP) is 5.20. The van der Waals surface area contributed by atoms with E-state index in [9.17, 15) is 4.79 Å². The third-order valence-electron chi connectivity index (χ3n) is 6.51. The molecule has 34 heavy (non-hydrogen) atoms. The smallest absolute Gasteiger partial charge is 0.164 e. The molecule has 7 nitrogen and oxygen atoms in total. The van der Waals surface area contributed by atoms with Crippen LogP contribution in [0.4, 0.5) is 5.69 Å². The van der Waals surface area contributed by atoms with E-state index < -0.39 is 0 Å². The Morgan fingerprint density at radius 2 is 1.88 bits per heavy atom. The Morgan fingerprint density at radius 1 is 1.03 bits per heavy atom. The van der Waals surface area contributed by atoms with Crippen molar-refractivity contribution < 1.29 is 9.53 Å². The highest BCUT2D eigenvalue weighted by molar-refractivity contribution is 6.15. The number of fused-ring (bicyclic) bond motifs is 4. The zero-order valence-corrected chi connectivity index (χ0v) is 19.0. The number of aldehydes is 1. The highest BCUT2D eigenvalue weighted by atomic mass is 16.5. The number of pyridine rings is 2. The fourth-order valence-electron chi connectivity index (χ4n) is 4.69. The molecule has 7 heteroatoms. The number of ether oxygens (including phenoxy) is 1. The lowest BCUT2D eigenvalue weighted by atomic mass is 9.79. The van der Waals surface area contributed by atoms with Crippen LogP contribution >= 0.6 is 0 Å². The molecular weight excluding hydrogens is 426 g/mol. The summed E-state index contributed by atoms with van der Waals surface area (Å²) in [6, 6.07) is 13.6. The largest absolute Gasteiger partial charge is 0.497 e. The van der Waals surface area contributed by atoms with Crippen LogP contribution in [-0.4, -0.2) is 38.9 Å². The Balaban J connectivity index is 1.48. The summed E-state index contributed by atoms with van der Waals surface area (Å²) < 4.78 is 6.97. The molecule has 2 aromatic carbocycles. The maximum atomic E-state index is 11.9. The van der Waals surface area contributed by atoms with Gasteiger partial charge < -0.3 is 4.74 Å². The Bertz CT molecular complexity index is 1650. The van der Waals surface area contributed by atoms with E-state index in [4.69, 9.17) is 14.7 Å². The molecule has 0 amide bonds. The summed E-state index contributed by atoms with van der Waals surface area (Å²) in [7, 11) is 1.61. The van der Waals surface area contributed by atoms with Gasteiger partial charge in [0.15, 0.2) is 12.1 Å². The molecule has 5 aromatic rings. The van der Waals surface area contributed by atoms with Crippen molar-refractivity contribution in [3.05, 3.63) is 83.9 Å². The summed E-state index contributed by atoms with van der Waals surface area (Å²) in [5.74, 6) is 1.17. The minimum Gasteiger partial charge on any atom is -0.497 e. The molecule has 0 saturated carbocycles. The average Bonchev–Trinajstić information content (AvgIpc) is 3.45. The molecule has 166 valence electrons. The van der Waals surface area contributed by atoms with Crippen molar-refractivity contribution in [1.82, 2.24) is 19.7 Å². The molecule has 1 aliphatic rings. The van der Waals surface area contributed by atoms with E-state index in [0.717, 1.165) is 44.9 Å². The number of benzene rings is 2. The fraction of sp³-hybridized carbons (Fsp3) is 0.148. The number of carbonyl (C=O) groups is 1. The molecule has 0 radical (unpaired) electrons. The molecule has 4 heterocycles. The molecule has 0 aliphatic carbocycles. The van der Waals surface area contributed by atoms with Crippen LogP contribution in [0.25, 0.3) is 27.5 Å². The molecule has 0 atom stereocenters. The molecule has 0 N–H and O–H groups in total. The number of hydrogen-bond donors (Lipinski definition) is 0. The van der Waals surface area contributed by atoms with Gasteiger partial charge >= 0.3 is 0 Å². The predicted molar refractivity (Wildman–Crippen MR) is 132 cm³/mol. The van der Waals surface area contributed by atoms with Gasteiger partial charge in [0.05, 0.1) is 35.8 Å². The molecule has 0 bridgehead atoms. The van der Waals surface area contributed by atoms with Crippen LogP contribution in [0.1, 0.15) is 35.3 Å². The first kappa shape index (κ1) is 20.2. The third kappa shape index (κ3) is 2.94. The van der Waals surface area contributed by atoms with Gasteiger partial charge in [-0.05, 0) is 29.8 Å². The highest BCUT2D eigenvalue weighted by Crippen LogP contribution is 2.45. The van der Waals surface area contributed by atoms with Gasteiger partial charge in [0.1, 0.15) is 5.75 Å². The topological polar surface area (TPSA) is 82.3 Å². The molecule has 0 fully saturated rings. The molecule has 0 saturated heterocycles. The van der Waals surface area contributed by atoms with Crippen molar-refractivity contribution in [2.45, 2.75) is 19.3 Å². The Hall–Kier alpha value is -4.39. The second-order valence-electron chi connectivity index (χ2n) is 8.90. The maximum absolute atomic E-state index is 11.9. The molecule has 6 rings (SSSR count). The summed E-state index contributed by atoms with van der Waals surface area (Å²) >= 11 is 0.